The van der Waals surface area contributed by atoms with Gasteiger partial charge in [-0.2, -0.15) is 29.0 Å². The molecule has 97 heavy (non-hydrogen) atoms. The number of hydrogen-bond acceptors (Lipinski definition) is 3. The Morgan fingerprint density at radius 1 is 0.320 bits per heavy atom. The lowest BCUT2D eigenvalue weighted by Crippen LogP contribution is -2.07. The van der Waals surface area contributed by atoms with Crippen molar-refractivity contribution in [2.24, 2.45) is 0 Å². The molecule has 0 radical (unpaired) electrons. The van der Waals surface area contributed by atoms with Gasteiger partial charge in [-0.25, -0.2) is 4.85 Å². The molecule has 0 unspecified atom stereocenters. The maximum Gasteiger partial charge on any atom is 0.415 e. The van der Waals surface area contributed by atoms with Gasteiger partial charge in [0.1, 0.15) is 23.3 Å². The number of nitrogens with zero attached hydrogens (tertiary/aromatic N) is 8. The molecule has 12 aromatic carbocycles. The van der Waals surface area contributed by atoms with E-state index in [0.717, 1.165) is 139 Å². The van der Waals surface area contributed by atoms with Crippen molar-refractivity contribution in [3.63, 3.8) is 0 Å². The standard InChI is InChI=1S/C43H29F3N4.C43H32N4/c1-24-6-13-37-31(18-24)32-19-25(2)7-14-38(32)49(37)41-17-12-30(29-11-10-28(43(44,45)46)22-36(29)48-5)42(35(41)23-47)50-39-15-8-26(3)20-33(39)34-21-27(4)9-16-40(34)50;1-25-6-13-38-33(18-25)34-19-26(2)7-14-39(34)46(38)42-17-12-32(31-11-10-30(23-44)22-29(31)5)43(37(42)24-45)47-40-15-8-27(3)20-35(40)36-21-28(4)9-16-41(36)47/h6-22H,1-4H3;6-22H,1-5H3. The molecule has 0 atom stereocenters. The highest BCUT2D eigenvalue weighted by atomic mass is 19.4. The lowest BCUT2D eigenvalue weighted by atomic mass is 9.94. The topological polar surface area (TPSA) is 95.4 Å². The maximum absolute atomic E-state index is 13.8. The molecule has 0 aliphatic heterocycles. The normalized spacial score (nSPS) is 11.7. The van der Waals surface area contributed by atoms with Gasteiger partial charge in [0.15, 0.2) is 5.69 Å². The summed E-state index contributed by atoms with van der Waals surface area (Å²) in [7, 11) is 0. The first-order valence-corrected chi connectivity index (χ1v) is 32.1. The van der Waals surface area contributed by atoms with E-state index < -0.39 is 11.7 Å². The molecule has 0 aliphatic rings. The molecule has 0 saturated carbocycles. The molecule has 0 amide bonds. The SMILES string of the molecule is Cc1ccc2c(c1)c1cc(C)ccc1n2-c1ccc(-c2ccc(C#N)cc2C)c(-n2c3ccc(C)cc3c3cc(C)ccc32)c1C#N.[C-]#[N+]c1cc(C(F)(F)F)ccc1-c1ccc(-n2c3ccc(C)cc3c3cc(C)ccc32)c(C#N)c1-n1c2ccc(C)cc2c2cc(C)ccc21. The van der Waals surface area contributed by atoms with Crippen LogP contribution in [0.2, 0.25) is 0 Å². The van der Waals surface area contributed by atoms with Crippen LogP contribution in [0.25, 0.3) is 137 Å². The number of benzene rings is 12. The molecule has 4 heterocycles. The first-order valence-electron chi connectivity index (χ1n) is 32.1. The van der Waals surface area contributed by atoms with Crippen LogP contribution in [0.3, 0.4) is 0 Å². The number of fused-ring (bicyclic) bond motifs is 12. The van der Waals surface area contributed by atoms with Gasteiger partial charge < -0.3 is 18.3 Å². The summed E-state index contributed by atoms with van der Waals surface area (Å²) in [5.74, 6) is 0. The summed E-state index contributed by atoms with van der Waals surface area (Å²) in [5, 5.41) is 40.9. The Hall–Kier alpha value is -12.4. The molecule has 0 bridgehead atoms. The van der Waals surface area contributed by atoms with Gasteiger partial charge in [0.2, 0.25) is 0 Å². The number of aromatic nitrogens is 4. The van der Waals surface area contributed by atoms with Crippen molar-refractivity contribution in [3.05, 3.63) is 290 Å². The Kier molecular flexibility index (Phi) is 14.4. The highest BCUT2D eigenvalue weighted by Crippen LogP contribution is 2.48. The minimum atomic E-state index is -4.61. The first-order chi connectivity index (χ1) is 46.7. The van der Waals surface area contributed by atoms with Gasteiger partial charge >= 0.3 is 6.18 Å². The lowest BCUT2D eigenvalue weighted by Gasteiger charge is -2.21. The fourth-order valence-corrected chi connectivity index (χ4v) is 14.7. The number of nitriles is 3. The van der Waals surface area contributed by atoms with E-state index in [0.29, 0.717) is 39.2 Å². The number of hydrogen-bond donors (Lipinski definition) is 0. The predicted molar refractivity (Wildman–Crippen MR) is 389 cm³/mol. The van der Waals surface area contributed by atoms with E-state index in [4.69, 9.17) is 6.57 Å². The summed E-state index contributed by atoms with van der Waals surface area (Å²) in [6.07, 6.45) is -4.61. The summed E-state index contributed by atoms with van der Waals surface area (Å²) < 4.78 is 50.2. The van der Waals surface area contributed by atoms with Crippen LogP contribution in [0.1, 0.15) is 72.3 Å². The van der Waals surface area contributed by atoms with E-state index in [-0.39, 0.29) is 5.69 Å². The smallest absolute Gasteiger partial charge is 0.308 e. The van der Waals surface area contributed by atoms with Crippen molar-refractivity contribution < 1.29 is 13.2 Å². The third kappa shape index (κ3) is 9.86. The van der Waals surface area contributed by atoms with Crippen molar-refractivity contribution in [1.29, 1.82) is 15.8 Å². The van der Waals surface area contributed by atoms with Crippen LogP contribution in [0.5, 0.6) is 0 Å². The zero-order chi connectivity index (χ0) is 67.6. The van der Waals surface area contributed by atoms with Crippen LogP contribution in [0.4, 0.5) is 18.9 Å². The summed E-state index contributed by atoms with van der Waals surface area (Å²) in [4.78, 5) is 3.57. The highest BCUT2D eigenvalue weighted by Gasteiger charge is 2.33. The first kappa shape index (κ1) is 60.8. The molecule has 0 fully saturated rings. The molecule has 0 aliphatic carbocycles. The van der Waals surface area contributed by atoms with Gasteiger partial charge in [-0.15, -0.1) is 0 Å². The van der Waals surface area contributed by atoms with Crippen LogP contribution < -0.4 is 0 Å². The van der Waals surface area contributed by atoms with Gasteiger partial charge in [0, 0.05) is 54.2 Å². The van der Waals surface area contributed by atoms with Gasteiger partial charge in [0.25, 0.3) is 0 Å². The molecule has 0 N–H and O–H groups in total. The fourth-order valence-electron chi connectivity index (χ4n) is 14.7. The second kappa shape index (κ2) is 23.0. The fraction of sp³-hybridized carbons (Fsp3) is 0.116. The zero-order valence-corrected chi connectivity index (χ0v) is 54.8. The molecule has 16 aromatic rings. The largest absolute Gasteiger partial charge is 0.415 e. The molecule has 8 nitrogen and oxygen atoms in total. The Labute approximate surface area is 558 Å². The molecule has 0 saturated heterocycles. The van der Waals surface area contributed by atoms with Crippen LogP contribution in [-0.4, -0.2) is 18.3 Å². The van der Waals surface area contributed by atoms with E-state index in [1.807, 2.05) is 92.1 Å². The Balaban J connectivity index is 0.000000159. The van der Waals surface area contributed by atoms with Crippen molar-refractivity contribution >= 4 is 92.9 Å². The van der Waals surface area contributed by atoms with E-state index >= 15 is 0 Å². The van der Waals surface area contributed by atoms with E-state index in [1.54, 1.807) is 0 Å². The second-order valence-electron chi connectivity index (χ2n) is 25.9. The molecule has 0 spiro atoms. The van der Waals surface area contributed by atoms with Gasteiger partial charge in [0.05, 0.1) is 85.1 Å². The minimum absolute atomic E-state index is 0.145. The Morgan fingerprint density at radius 3 is 0.887 bits per heavy atom. The van der Waals surface area contributed by atoms with Gasteiger partial charge in [-0.05, 0) is 212 Å². The molecular formula is C86H61F3N8. The van der Waals surface area contributed by atoms with Crippen LogP contribution in [-0.2, 0) is 6.18 Å². The average Bonchev–Trinajstić information content (AvgIpc) is 1.63. The van der Waals surface area contributed by atoms with E-state index in [2.05, 4.69) is 200 Å². The third-order valence-corrected chi connectivity index (χ3v) is 19.2. The molecule has 466 valence electrons. The molecular weight excluding hydrogens is 1200 g/mol. The predicted octanol–water partition coefficient (Wildman–Crippen LogP) is 23.1. The van der Waals surface area contributed by atoms with Crippen molar-refractivity contribution in [2.45, 2.75) is 68.5 Å². The third-order valence-electron chi connectivity index (χ3n) is 19.2. The Morgan fingerprint density at radius 2 is 0.608 bits per heavy atom. The van der Waals surface area contributed by atoms with E-state index in [1.165, 1.54) is 39.1 Å². The minimum Gasteiger partial charge on any atom is -0.308 e. The Bertz CT molecular complexity index is 6050. The van der Waals surface area contributed by atoms with Crippen LogP contribution in [0, 0.1) is 103 Å². The van der Waals surface area contributed by atoms with Crippen molar-refractivity contribution in [2.75, 3.05) is 0 Å². The summed E-state index contributed by atoms with van der Waals surface area (Å²) >= 11 is 0. The molecule has 4 aromatic heterocycles. The van der Waals surface area contributed by atoms with Crippen LogP contribution in [0.15, 0.2) is 206 Å². The number of halogens is 3. The van der Waals surface area contributed by atoms with Crippen LogP contribution >= 0.6 is 0 Å². The quantitative estimate of drug-likeness (QED) is 0.155. The molecule has 11 heteroatoms. The number of aryl methyl sites for hydroxylation is 9. The maximum atomic E-state index is 13.8. The van der Waals surface area contributed by atoms with Gasteiger partial charge in [-0.3, -0.25) is 0 Å². The van der Waals surface area contributed by atoms with E-state index in [9.17, 15) is 29.0 Å². The highest BCUT2D eigenvalue weighted by molar-refractivity contribution is 6.15. The lowest BCUT2D eigenvalue weighted by molar-refractivity contribution is -0.137. The average molecular weight is 1260 g/mol. The monoisotopic (exact) mass is 1260 g/mol. The van der Waals surface area contributed by atoms with Gasteiger partial charge in [-0.1, -0.05) is 123 Å². The summed E-state index contributed by atoms with van der Waals surface area (Å²) in [6.45, 7) is 26.6. The summed E-state index contributed by atoms with van der Waals surface area (Å²) in [5.41, 5.74) is 23.9. The van der Waals surface area contributed by atoms with Crippen molar-refractivity contribution in [1.82, 2.24) is 18.3 Å². The van der Waals surface area contributed by atoms with Crippen molar-refractivity contribution in [3.8, 4) is 63.2 Å². The zero-order valence-electron chi connectivity index (χ0n) is 54.8. The number of alkyl halides is 3. The second-order valence-corrected chi connectivity index (χ2v) is 25.9. The molecule has 16 rings (SSSR count). The number of rotatable bonds is 6. The summed E-state index contributed by atoms with van der Waals surface area (Å²) in [6, 6.07) is 75.6.